The molecule has 126 valence electrons. The van der Waals surface area contributed by atoms with Crippen LogP contribution in [0.3, 0.4) is 0 Å². The van der Waals surface area contributed by atoms with Crippen molar-refractivity contribution in [2.45, 2.75) is 32.2 Å². The molecule has 3 rings (SSSR count). The van der Waals surface area contributed by atoms with E-state index < -0.39 is 5.54 Å². The van der Waals surface area contributed by atoms with Gasteiger partial charge in [0.2, 0.25) is 0 Å². The van der Waals surface area contributed by atoms with Crippen molar-refractivity contribution in [3.63, 3.8) is 0 Å². The Labute approximate surface area is 141 Å². The van der Waals surface area contributed by atoms with Crippen molar-refractivity contribution in [1.29, 1.82) is 0 Å². The normalized spacial score (nSPS) is 16.3. The van der Waals surface area contributed by atoms with E-state index in [9.17, 15) is 9.90 Å². The number of carbonyl (C=O) groups is 1. The van der Waals surface area contributed by atoms with E-state index in [1.165, 1.54) is 0 Å². The van der Waals surface area contributed by atoms with E-state index in [4.69, 9.17) is 0 Å². The molecule has 0 saturated heterocycles. The summed E-state index contributed by atoms with van der Waals surface area (Å²) in [5, 5.41) is 15.2. The maximum atomic E-state index is 12.2. The molecule has 1 aromatic heterocycles. The summed E-state index contributed by atoms with van der Waals surface area (Å²) in [7, 11) is 0. The van der Waals surface area contributed by atoms with Crippen LogP contribution in [-0.2, 0) is 0 Å². The Hall–Kier alpha value is -2.47. The van der Waals surface area contributed by atoms with Gasteiger partial charge in [-0.2, -0.15) is 0 Å². The summed E-state index contributed by atoms with van der Waals surface area (Å²) in [5.74, 6) is 1.02. The van der Waals surface area contributed by atoms with Gasteiger partial charge in [-0.3, -0.25) is 0 Å². The number of carbonyl (C=O) groups excluding carboxylic acids is 1. The number of urea groups is 1. The Balaban J connectivity index is 1.64. The molecule has 1 heterocycles. The van der Waals surface area contributed by atoms with Gasteiger partial charge in [0, 0.05) is 23.1 Å². The molecule has 1 aromatic carbocycles. The maximum Gasteiger partial charge on any atom is 0.319 e. The van der Waals surface area contributed by atoms with Crippen molar-refractivity contribution >= 4 is 11.7 Å². The van der Waals surface area contributed by atoms with Gasteiger partial charge in [-0.25, -0.2) is 14.8 Å². The zero-order chi connectivity index (χ0) is 17.2. The molecule has 1 atom stereocenters. The molecule has 6 heteroatoms. The predicted molar refractivity (Wildman–Crippen MR) is 92.6 cm³/mol. The summed E-state index contributed by atoms with van der Waals surface area (Å²) in [5.41, 5.74) is 1.92. The molecule has 0 bridgehead atoms. The van der Waals surface area contributed by atoms with Crippen LogP contribution < -0.4 is 10.6 Å². The summed E-state index contributed by atoms with van der Waals surface area (Å²) in [6.07, 6.45) is 3.82. The molecule has 1 unspecified atom stereocenters. The van der Waals surface area contributed by atoms with Gasteiger partial charge in [-0.1, -0.05) is 0 Å². The first-order chi connectivity index (χ1) is 11.5. The van der Waals surface area contributed by atoms with Gasteiger partial charge < -0.3 is 15.7 Å². The molecule has 2 amide bonds. The van der Waals surface area contributed by atoms with Gasteiger partial charge in [0.05, 0.1) is 12.1 Å². The molecule has 1 aliphatic rings. The lowest BCUT2D eigenvalue weighted by molar-refractivity contribution is 0.159. The highest BCUT2D eigenvalue weighted by Gasteiger charge is 2.42. The minimum Gasteiger partial charge on any atom is -0.394 e. The van der Waals surface area contributed by atoms with E-state index in [0.717, 1.165) is 24.1 Å². The second-order valence-electron chi connectivity index (χ2n) is 6.53. The summed E-state index contributed by atoms with van der Waals surface area (Å²) in [6.45, 7) is 3.74. The number of aliphatic hydroxyl groups excluding tert-OH is 1. The van der Waals surface area contributed by atoms with Gasteiger partial charge in [0.15, 0.2) is 5.82 Å². The number of hydrogen-bond acceptors (Lipinski definition) is 4. The predicted octanol–water partition coefficient (Wildman–Crippen LogP) is 2.73. The quantitative estimate of drug-likeness (QED) is 0.788. The van der Waals surface area contributed by atoms with Crippen molar-refractivity contribution in [2.75, 3.05) is 11.9 Å². The third kappa shape index (κ3) is 3.71. The first-order valence-corrected chi connectivity index (χ1v) is 8.10. The Morgan fingerprint density at radius 2 is 2.00 bits per heavy atom. The second kappa shape index (κ2) is 6.57. The minimum absolute atomic E-state index is 0.0608. The summed E-state index contributed by atoms with van der Waals surface area (Å²) in [4.78, 5) is 20.8. The van der Waals surface area contributed by atoms with Crippen molar-refractivity contribution in [1.82, 2.24) is 15.3 Å². The summed E-state index contributed by atoms with van der Waals surface area (Å²) < 4.78 is 0. The van der Waals surface area contributed by atoms with Crippen LogP contribution in [0.2, 0.25) is 0 Å². The number of rotatable bonds is 5. The molecule has 1 saturated carbocycles. The first-order valence-electron chi connectivity index (χ1n) is 8.10. The average Bonchev–Trinajstić information content (AvgIpc) is 3.41. The monoisotopic (exact) mass is 326 g/mol. The molecule has 0 spiro atoms. The number of aromatic nitrogens is 2. The van der Waals surface area contributed by atoms with E-state index in [-0.39, 0.29) is 12.6 Å². The van der Waals surface area contributed by atoms with Crippen LogP contribution in [0.4, 0.5) is 10.5 Å². The summed E-state index contributed by atoms with van der Waals surface area (Å²) >= 11 is 0. The second-order valence-corrected chi connectivity index (χ2v) is 6.53. The highest BCUT2D eigenvalue weighted by molar-refractivity contribution is 5.90. The molecule has 6 nitrogen and oxygen atoms in total. The third-order valence-corrected chi connectivity index (χ3v) is 4.40. The highest BCUT2D eigenvalue weighted by atomic mass is 16.3. The van der Waals surface area contributed by atoms with Crippen molar-refractivity contribution in [3.8, 4) is 11.4 Å². The fraction of sp³-hybridized carbons (Fsp3) is 0.389. The lowest BCUT2D eigenvalue weighted by Crippen LogP contribution is -2.52. The van der Waals surface area contributed by atoms with Crippen LogP contribution in [-0.4, -0.2) is 33.3 Å². The number of amides is 2. The van der Waals surface area contributed by atoms with E-state index >= 15 is 0 Å². The summed E-state index contributed by atoms with van der Waals surface area (Å²) in [6, 6.07) is 8.91. The highest BCUT2D eigenvalue weighted by Crippen LogP contribution is 2.39. The largest absolute Gasteiger partial charge is 0.394 e. The first kappa shape index (κ1) is 16.4. The van der Waals surface area contributed by atoms with Crippen molar-refractivity contribution in [2.24, 2.45) is 5.92 Å². The molecule has 3 N–H and O–H groups in total. The van der Waals surface area contributed by atoms with Crippen LogP contribution in [0, 0.1) is 12.8 Å². The fourth-order valence-corrected chi connectivity index (χ4v) is 2.70. The third-order valence-electron chi connectivity index (χ3n) is 4.40. The van der Waals surface area contributed by atoms with Crippen LogP contribution in [0.25, 0.3) is 11.4 Å². The molecule has 0 radical (unpaired) electrons. The van der Waals surface area contributed by atoms with E-state index in [2.05, 4.69) is 20.6 Å². The lowest BCUT2D eigenvalue weighted by atomic mass is 9.97. The van der Waals surface area contributed by atoms with Crippen LogP contribution in [0.5, 0.6) is 0 Å². The fourth-order valence-electron chi connectivity index (χ4n) is 2.70. The maximum absolute atomic E-state index is 12.2. The smallest absolute Gasteiger partial charge is 0.319 e. The molecular weight excluding hydrogens is 304 g/mol. The van der Waals surface area contributed by atoms with E-state index in [0.29, 0.717) is 17.4 Å². The Bertz CT molecular complexity index is 728. The lowest BCUT2D eigenvalue weighted by Gasteiger charge is -2.28. The van der Waals surface area contributed by atoms with Crippen molar-refractivity contribution < 1.29 is 9.90 Å². The average molecular weight is 326 g/mol. The Morgan fingerprint density at radius 1 is 1.29 bits per heavy atom. The molecule has 0 aliphatic heterocycles. The van der Waals surface area contributed by atoms with Gasteiger partial charge in [-0.05, 0) is 62.9 Å². The number of benzene rings is 1. The number of aliphatic hydroxyl groups is 1. The zero-order valence-corrected chi connectivity index (χ0v) is 13.9. The number of hydrogen-bond donors (Lipinski definition) is 3. The molecule has 24 heavy (non-hydrogen) atoms. The van der Waals surface area contributed by atoms with Gasteiger partial charge in [-0.15, -0.1) is 0 Å². The van der Waals surface area contributed by atoms with Gasteiger partial charge >= 0.3 is 6.03 Å². The Kier molecular flexibility index (Phi) is 4.49. The molecule has 1 aliphatic carbocycles. The van der Waals surface area contributed by atoms with Crippen LogP contribution in [0.15, 0.2) is 36.5 Å². The number of aryl methyl sites for hydroxylation is 1. The molecular formula is C18H22N4O2. The van der Waals surface area contributed by atoms with E-state index in [1.807, 2.05) is 44.2 Å². The molecule has 1 fully saturated rings. The van der Waals surface area contributed by atoms with Crippen LogP contribution >= 0.6 is 0 Å². The van der Waals surface area contributed by atoms with Crippen LogP contribution in [0.1, 0.15) is 25.5 Å². The van der Waals surface area contributed by atoms with E-state index in [1.54, 1.807) is 6.20 Å². The van der Waals surface area contributed by atoms with Gasteiger partial charge in [0.1, 0.15) is 0 Å². The topological polar surface area (TPSA) is 87.1 Å². The minimum atomic E-state index is -0.556. The number of anilines is 1. The van der Waals surface area contributed by atoms with Gasteiger partial charge in [0.25, 0.3) is 0 Å². The number of nitrogens with zero attached hydrogens (tertiary/aromatic N) is 2. The SMILES string of the molecule is Cc1ccnc(-c2ccc(NC(=O)NC(C)(CO)C3CC3)cc2)n1. The Morgan fingerprint density at radius 3 is 2.58 bits per heavy atom. The van der Waals surface area contributed by atoms with Crippen molar-refractivity contribution in [3.05, 3.63) is 42.2 Å². The molecule has 2 aromatic rings. The number of nitrogens with one attached hydrogen (secondary N) is 2. The standard InChI is InChI=1S/C18H22N4O2/c1-12-9-10-19-16(20-12)13-3-7-15(8-4-13)21-17(24)22-18(2,11-23)14-5-6-14/h3-4,7-10,14,23H,5-6,11H2,1-2H3,(H2,21,22,24). The zero-order valence-electron chi connectivity index (χ0n) is 13.9.